The molecule has 0 aromatic heterocycles. The van der Waals surface area contributed by atoms with Crippen LogP contribution in [-0.4, -0.2) is 50.3 Å². The Morgan fingerprint density at radius 1 is 0.892 bits per heavy atom. The molecule has 5 rings (SSSR count). The summed E-state index contributed by atoms with van der Waals surface area (Å²) in [6.07, 6.45) is 4.98. The van der Waals surface area contributed by atoms with Gasteiger partial charge in [0.25, 0.3) is 0 Å². The van der Waals surface area contributed by atoms with Gasteiger partial charge in [0.15, 0.2) is 11.5 Å². The highest BCUT2D eigenvalue weighted by molar-refractivity contribution is 5.90. The van der Waals surface area contributed by atoms with Crippen LogP contribution in [0.1, 0.15) is 36.8 Å². The summed E-state index contributed by atoms with van der Waals surface area (Å²) in [7, 11) is 0. The predicted molar refractivity (Wildman–Crippen MR) is 151 cm³/mol. The first-order valence-corrected chi connectivity index (χ1v) is 13.3. The highest BCUT2D eigenvalue weighted by Crippen LogP contribution is 2.32. The molecule has 2 N–H and O–H groups in total. The molecule has 1 saturated heterocycles. The van der Waals surface area contributed by atoms with Crippen molar-refractivity contribution in [1.29, 1.82) is 0 Å². The molecule has 6 nitrogen and oxygen atoms in total. The van der Waals surface area contributed by atoms with Crippen molar-refractivity contribution in [2.75, 3.05) is 39.5 Å². The number of piperidine rings is 1. The number of carbonyl (C=O) groups excluding carboxylic acids is 1. The number of benzene rings is 3. The van der Waals surface area contributed by atoms with Crippen LogP contribution in [0.15, 0.2) is 60.7 Å². The number of hydrogen-bond acceptors (Lipinski definition) is 5. The van der Waals surface area contributed by atoms with Gasteiger partial charge in [-0.15, -0.1) is 12.4 Å². The van der Waals surface area contributed by atoms with Crippen molar-refractivity contribution in [1.82, 2.24) is 15.5 Å². The molecular formula is C30H38ClN3O3. The summed E-state index contributed by atoms with van der Waals surface area (Å²) in [5.74, 6) is 2.60. The van der Waals surface area contributed by atoms with E-state index in [2.05, 4.69) is 58.0 Å². The van der Waals surface area contributed by atoms with Gasteiger partial charge in [0, 0.05) is 19.6 Å². The van der Waals surface area contributed by atoms with Crippen LogP contribution in [0.3, 0.4) is 0 Å². The SMILES string of the molecule is Cl.O=C(Cc1cccc2ccccc12)N1CCC(CNCCCCNCc2ccc3c(c2)OCO3)CC1. The maximum absolute atomic E-state index is 12.9. The second-order valence-corrected chi connectivity index (χ2v) is 9.91. The quantitative estimate of drug-likeness (QED) is 0.349. The van der Waals surface area contributed by atoms with Gasteiger partial charge >= 0.3 is 0 Å². The van der Waals surface area contributed by atoms with Gasteiger partial charge in [0.2, 0.25) is 12.7 Å². The van der Waals surface area contributed by atoms with Gasteiger partial charge in [-0.25, -0.2) is 0 Å². The Kier molecular flexibility index (Phi) is 10.1. The summed E-state index contributed by atoms with van der Waals surface area (Å²) < 4.78 is 10.8. The van der Waals surface area contributed by atoms with E-state index >= 15 is 0 Å². The van der Waals surface area contributed by atoms with E-state index < -0.39 is 0 Å². The second-order valence-electron chi connectivity index (χ2n) is 9.91. The Morgan fingerprint density at radius 2 is 1.65 bits per heavy atom. The summed E-state index contributed by atoms with van der Waals surface area (Å²) in [5.41, 5.74) is 2.35. The number of ether oxygens (including phenoxy) is 2. The van der Waals surface area contributed by atoms with E-state index in [1.165, 1.54) is 16.3 Å². The molecule has 0 atom stereocenters. The number of amides is 1. The van der Waals surface area contributed by atoms with Crippen LogP contribution in [0, 0.1) is 5.92 Å². The summed E-state index contributed by atoms with van der Waals surface area (Å²) >= 11 is 0. The second kappa shape index (κ2) is 13.7. The van der Waals surface area contributed by atoms with E-state index in [1.807, 2.05) is 18.2 Å². The van der Waals surface area contributed by atoms with Crippen LogP contribution in [0.4, 0.5) is 0 Å². The van der Waals surface area contributed by atoms with E-state index in [4.69, 9.17) is 9.47 Å². The molecule has 2 heterocycles. The van der Waals surface area contributed by atoms with Gasteiger partial charge < -0.3 is 25.0 Å². The summed E-state index contributed by atoms with van der Waals surface area (Å²) in [4.78, 5) is 15.0. The van der Waals surface area contributed by atoms with Gasteiger partial charge in [-0.3, -0.25) is 4.79 Å². The number of fused-ring (bicyclic) bond motifs is 2. The van der Waals surface area contributed by atoms with Gasteiger partial charge in [0.1, 0.15) is 0 Å². The lowest BCUT2D eigenvalue weighted by molar-refractivity contribution is -0.131. The third-order valence-electron chi connectivity index (χ3n) is 7.35. The minimum atomic E-state index is 0. The van der Waals surface area contributed by atoms with Gasteiger partial charge in [-0.2, -0.15) is 0 Å². The summed E-state index contributed by atoms with van der Waals surface area (Å²) in [6.45, 7) is 6.03. The molecule has 2 aliphatic heterocycles. The van der Waals surface area contributed by atoms with Crippen LogP contribution < -0.4 is 20.1 Å². The number of nitrogens with one attached hydrogen (secondary N) is 2. The molecule has 3 aromatic rings. The van der Waals surface area contributed by atoms with Crippen LogP contribution in [-0.2, 0) is 17.8 Å². The van der Waals surface area contributed by atoms with Gasteiger partial charge in [-0.1, -0.05) is 48.5 Å². The molecular weight excluding hydrogens is 486 g/mol. The lowest BCUT2D eigenvalue weighted by atomic mass is 9.95. The van der Waals surface area contributed by atoms with Crippen molar-refractivity contribution >= 4 is 29.1 Å². The summed E-state index contributed by atoms with van der Waals surface area (Å²) in [6, 6.07) is 20.7. The van der Waals surface area contributed by atoms with Crippen molar-refractivity contribution in [3.8, 4) is 11.5 Å². The van der Waals surface area contributed by atoms with Gasteiger partial charge in [0.05, 0.1) is 6.42 Å². The number of hydrogen-bond donors (Lipinski definition) is 2. The molecule has 1 amide bonds. The highest BCUT2D eigenvalue weighted by atomic mass is 35.5. The average molecular weight is 524 g/mol. The Balaban J connectivity index is 0.00000320. The number of nitrogens with zero attached hydrogens (tertiary/aromatic N) is 1. The van der Waals surface area contributed by atoms with Crippen LogP contribution in [0.5, 0.6) is 11.5 Å². The molecule has 37 heavy (non-hydrogen) atoms. The standard InChI is InChI=1S/C30H37N3O3.ClH/c34-30(19-26-8-5-7-25-6-1-2-9-27(25)26)33-16-12-23(13-17-33)20-31-14-3-4-15-32-21-24-10-11-28-29(18-24)36-22-35-28;/h1-2,5-11,18,23,31-32H,3-4,12-17,19-22H2;1H. The fourth-order valence-electron chi connectivity index (χ4n) is 5.20. The largest absolute Gasteiger partial charge is 0.454 e. The first kappa shape index (κ1) is 27.2. The van der Waals surface area contributed by atoms with Crippen LogP contribution in [0.2, 0.25) is 0 Å². The van der Waals surface area contributed by atoms with Crippen LogP contribution >= 0.6 is 12.4 Å². The number of halogens is 1. The van der Waals surface area contributed by atoms with Gasteiger partial charge in [-0.05, 0) is 85.3 Å². The number of carbonyl (C=O) groups is 1. The number of likely N-dealkylation sites (tertiary alicyclic amines) is 1. The monoisotopic (exact) mass is 523 g/mol. The average Bonchev–Trinajstić information content (AvgIpc) is 3.39. The zero-order valence-corrected chi connectivity index (χ0v) is 22.2. The molecule has 0 saturated carbocycles. The molecule has 0 aliphatic carbocycles. The van der Waals surface area contributed by atoms with Crippen LogP contribution in [0.25, 0.3) is 10.8 Å². The molecule has 7 heteroatoms. The number of rotatable bonds is 11. The Labute approximate surface area is 226 Å². The molecule has 1 fully saturated rings. The smallest absolute Gasteiger partial charge is 0.231 e. The predicted octanol–water partition coefficient (Wildman–Crippen LogP) is 4.93. The van der Waals surface area contributed by atoms with Crippen molar-refractivity contribution in [2.45, 2.75) is 38.6 Å². The van der Waals surface area contributed by atoms with E-state index in [-0.39, 0.29) is 18.3 Å². The molecule has 198 valence electrons. The van der Waals surface area contributed by atoms with Crippen molar-refractivity contribution in [3.63, 3.8) is 0 Å². The molecule has 0 radical (unpaired) electrons. The minimum Gasteiger partial charge on any atom is -0.454 e. The number of unbranched alkanes of at least 4 members (excludes halogenated alkanes) is 1. The lowest BCUT2D eigenvalue weighted by Gasteiger charge is -2.32. The summed E-state index contributed by atoms with van der Waals surface area (Å²) in [5, 5.41) is 9.54. The molecule has 2 aliphatic rings. The third-order valence-corrected chi connectivity index (χ3v) is 7.35. The first-order valence-electron chi connectivity index (χ1n) is 13.3. The highest BCUT2D eigenvalue weighted by Gasteiger charge is 2.23. The minimum absolute atomic E-state index is 0. The lowest BCUT2D eigenvalue weighted by Crippen LogP contribution is -2.41. The maximum Gasteiger partial charge on any atom is 0.231 e. The fraction of sp³-hybridized carbons (Fsp3) is 0.433. The van der Waals surface area contributed by atoms with E-state index in [1.54, 1.807) is 0 Å². The molecule has 3 aromatic carbocycles. The zero-order chi connectivity index (χ0) is 24.6. The topological polar surface area (TPSA) is 62.8 Å². The Bertz CT molecular complexity index is 1160. The fourth-order valence-corrected chi connectivity index (χ4v) is 5.20. The third kappa shape index (κ3) is 7.37. The van der Waals surface area contributed by atoms with E-state index in [0.29, 0.717) is 19.1 Å². The van der Waals surface area contributed by atoms with E-state index in [0.717, 1.165) is 82.0 Å². The Morgan fingerprint density at radius 3 is 2.51 bits per heavy atom. The normalized spacial score (nSPS) is 15.1. The molecule has 0 unspecified atom stereocenters. The Hall–Kier alpha value is -2.80. The van der Waals surface area contributed by atoms with Crippen molar-refractivity contribution in [2.24, 2.45) is 5.92 Å². The van der Waals surface area contributed by atoms with Crippen molar-refractivity contribution < 1.29 is 14.3 Å². The van der Waals surface area contributed by atoms with Crippen molar-refractivity contribution in [3.05, 3.63) is 71.8 Å². The maximum atomic E-state index is 12.9. The van der Waals surface area contributed by atoms with E-state index in [9.17, 15) is 4.79 Å². The zero-order valence-electron chi connectivity index (χ0n) is 21.4. The molecule has 0 spiro atoms. The first-order chi connectivity index (χ1) is 17.8. The molecule has 0 bridgehead atoms.